The molecule has 2 aromatic carbocycles. The van der Waals surface area contributed by atoms with Crippen LogP contribution in [0, 0.1) is 0 Å². The molecule has 5 heteroatoms. The van der Waals surface area contributed by atoms with Gasteiger partial charge in [0.15, 0.2) is 0 Å². The number of carbonyl (C=O) groups excluding carboxylic acids is 2. The second kappa shape index (κ2) is 7.17. The smallest absolute Gasteiger partial charge is 0.315 e. The molecule has 1 aliphatic rings. The Bertz CT molecular complexity index is 703. The molecule has 1 saturated heterocycles. The molecular formula is C19H21N3O2. The predicted molar refractivity (Wildman–Crippen MR) is 93.7 cm³/mol. The Morgan fingerprint density at radius 3 is 2.38 bits per heavy atom. The number of anilines is 1. The highest BCUT2D eigenvalue weighted by Crippen LogP contribution is 2.21. The van der Waals surface area contributed by atoms with Crippen LogP contribution in [-0.2, 0) is 4.79 Å². The van der Waals surface area contributed by atoms with Crippen molar-refractivity contribution in [1.29, 1.82) is 0 Å². The van der Waals surface area contributed by atoms with E-state index in [1.54, 1.807) is 4.90 Å². The minimum absolute atomic E-state index is 0.0302. The Labute approximate surface area is 141 Å². The zero-order chi connectivity index (χ0) is 16.9. The lowest BCUT2D eigenvalue weighted by molar-refractivity contribution is -0.117. The second-order valence-corrected chi connectivity index (χ2v) is 5.99. The van der Waals surface area contributed by atoms with Crippen molar-refractivity contribution in [3.05, 3.63) is 66.2 Å². The molecule has 0 aliphatic carbocycles. The molecule has 0 spiro atoms. The van der Waals surface area contributed by atoms with Gasteiger partial charge in [-0.1, -0.05) is 48.5 Å². The molecule has 0 saturated carbocycles. The molecule has 2 N–H and O–H groups in total. The number of nitrogens with one attached hydrogen (secondary N) is 2. The minimum Gasteiger partial charge on any atom is -0.333 e. The van der Waals surface area contributed by atoms with Crippen molar-refractivity contribution in [2.75, 3.05) is 11.4 Å². The number of hydrogen-bond acceptors (Lipinski definition) is 2. The first kappa shape index (κ1) is 16.1. The molecule has 3 rings (SSSR count). The van der Waals surface area contributed by atoms with Crippen LogP contribution in [0.2, 0.25) is 0 Å². The normalized spacial score (nSPS) is 18.3. The number of amides is 3. The lowest BCUT2D eigenvalue weighted by Gasteiger charge is -2.19. The number of para-hydroxylation sites is 1. The Hall–Kier alpha value is -2.82. The van der Waals surface area contributed by atoms with Gasteiger partial charge in [-0.3, -0.25) is 4.79 Å². The van der Waals surface area contributed by atoms with E-state index in [0.29, 0.717) is 13.0 Å². The van der Waals surface area contributed by atoms with Crippen LogP contribution in [-0.4, -0.2) is 24.5 Å². The summed E-state index contributed by atoms with van der Waals surface area (Å²) in [5.41, 5.74) is 1.91. The summed E-state index contributed by atoms with van der Waals surface area (Å²) in [5.74, 6) is 0.0302. The van der Waals surface area contributed by atoms with E-state index >= 15 is 0 Å². The number of rotatable bonds is 4. The summed E-state index contributed by atoms with van der Waals surface area (Å²) in [6, 6.07) is 18.8. The summed E-state index contributed by atoms with van der Waals surface area (Å²) in [6.07, 6.45) is 0.321. The fourth-order valence-corrected chi connectivity index (χ4v) is 2.91. The van der Waals surface area contributed by atoms with Crippen molar-refractivity contribution < 1.29 is 9.59 Å². The maximum Gasteiger partial charge on any atom is 0.315 e. The van der Waals surface area contributed by atoms with Crippen LogP contribution in [0.25, 0.3) is 0 Å². The summed E-state index contributed by atoms with van der Waals surface area (Å²) in [7, 11) is 0. The van der Waals surface area contributed by atoms with Gasteiger partial charge in [-0.15, -0.1) is 0 Å². The maximum atomic E-state index is 12.2. The number of benzene rings is 2. The summed E-state index contributed by atoms with van der Waals surface area (Å²) in [5, 5.41) is 5.81. The average Bonchev–Trinajstić information content (AvgIpc) is 2.96. The van der Waals surface area contributed by atoms with Crippen LogP contribution >= 0.6 is 0 Å². The lowest BCUT2D eigenvalue weighted by Crippen LogP contribution is -2.44. The molecule has 2 unspecified atom stereocenters. The predicted octanol–water partition coefficient (Wildman–Crippen LogP) is 2.85. The van der Waals surface area contributed by atoms with Gasteiger partial charge in [-0.05, 0) is 24.6 Å². The van der Waals surface area contributed by atoms with Gasteiger partial charge in [0.1, 0.15) is 0 Å². The molecule has 24 heavy (non-hydrogen) atoms. The van der Waals surface area contributed by atoms with Crippen molar-refractivity contribution >= 4 is 17.6 Å². The van der Waals surface area contributed by atoms with Gasteiger partial charge in [-0.2, -0.15) is 0 Å². The molecule has 0 bridgehead atoms. The minimum atomic E-state index is -0.251. The van der Waals surface area contributed by atoms with Crippen LogP contribution in [0.15, 0.2) is 60.7 Å². The van der Waals surface area contributed by atoms with E-state index in [0.717, 1.165) is 11.3 Å². The zero-order valence-electron chi connectivity index (χ0n) is 13.6. The molecule has 0 aromatic heterocycles. The topological polar surface area (TPSA) is 61.4 Å². The van der Waals surface area contributed by atoms with Crippen molar-refractivity contribution in [3.8, 4) is 0 Å². The molecular weight excluding hydrogens is 302 g/mol. The molecule has 1 fully saturated rings. The summed E-state index contributed by atoms with van der Waals surface area (Å²) >= 11 is 0. The van der Waals surface area contributed by atoms with E-state index in [9.17, 15) is 9.59 Å². The van der Waals surface area contributed by atoms with Gasteiger partial charge in [0.2, 0.25) is 5.91 Å². The van der Waals surface area contributed by atoms with Crippen molar-refractivity contribution in [1.82, 2.24) is 10.6 Å². The van der Waals surface area contributed by atoms with Crippen molar-refractivity contribution in [2.24, 2.45) is 0 Å². The molecule has 124 valence electrons. The van der Waals surface area contributed by atoms with Crippen LogP contribution < -0.4 is 15.5 Å². The Balaban J connectivity index is 1.55. The van der Waals surface area contributed by atoms with E-state index in [1.807, 2.05) is 67.6 Å². The van der Waals surface area contributed by atoms with E-state index in [2.05, 4.69) is 10.6 Å². The Morgan fingerprint density at radius 2 is 1.71 bits per heavy atom. The SMILES string of the molecule is CC(NC(=O)NC1CC(=O)N(c2ccccc2)C1)c1ccccc1. The van der Waals surface area contributed by atoms with Crippen molar-refractivity contribution in [3.63, 3.8) is 0 Å². The Morgan fingerprint density at radius 1 is 1.08 bits per heavy atom. The molecule has 2 atom stereocenters. The first-order valence-corrected chi connectivity index (χ1v) is 8.11. The fourth-order valence-electron chi connectivity index (χ4n) is 2.91. The number of urea groups is 1. The largest absolute Gasteiger partial charge is 0.333 e. The zero-order valence-corrected chi connectivity index (χ0v) is 13.6. The number of nitrogens with zero attached hydrogens (tertiary/aromatic N) is 1. The van der Waals surface area contributed by atoms with Crippen LogP contribution in [0.1, 0.15) is 24.9 Å². The van der Waals surface area contributed by atoms with Gasteiger partial charge in [0, 0.05) is 18.7 Å². The molecule has 0 radical (unpaired) electrons. The number of hydrogen-bond donors (Lipinski definition) is 2. The molecule has 1 heterocycles. The highest BCUT2D eigenvalue weighted by atomic mass is 16.2. The monoisotopic (exact) mass is 323 g/mol. The first-order valence-electron chi connectivity index (χ1n) is 8.11. The van der Waals surface area contributed by atoms with E-state index in [-0.39, 0.29) is 24.0 Å². The lowest BCUT2D eigenvalue weighted by atomic mass is 10.1. The molecule has 2 aromatic rings. The van der Waals surface area contributed by atoms with E-state index < -0.39 is 0 Å². The third kappa shape index (κ3) is 3.74. The molecule has 1 aliphatic heterocycles. The summed E-state index contributed by atoms with van der Waals surface area (Å²) in [6.45, 7) is 2.43. The second-order valence-electron chi connectivity index (χ2n) is 5.99. The number of carbonyl (C=O) groups is 2. The van der Waals surface area contributed by atoms with Crippen LogP contribution in [0.5, 0.6) is 0 Å². The quantitative estimate of drug-likeness (QED) is 0.909. The molecule has 5 nitrogen and oxygen atoms in total. The Kier molecular flexibility index (Phi) is 4.79. The van der Waals surface area contributed by atoms with E-state index in [1.165, 1.54) is 0 Å². The average molecular weight is 323 g/mol. The maximum absolute atomic E-state index is 12.2. The first-order chi connectivity index (χ1) is 11.6. The van der Waals surface area contributed by atoms with Gasteiger partial charge in [-0.25, -0.2) is 4.79 Å². The van der Waals surface area contributed by atoms with Gasteiger partial charge in [0.25, 0.3) is 0 Å². The third-order valence-electron chi connectivity index (χ3n) is 4.18. The van der Waals surface area contributed by atoms with Crippen LogP contribution in [0.4, 0.5) is 10.5 Å². The van der Waals surface area contributed by atoms with Gasteiger partial charge < -0.3 is 15.5 Å². The summed E-state index contributed by atoms with van der Waals surface area (Å²) < 4.78 is 0. The van der Waals surface area contributed by atoms with Crippen LogP contribution in [0.3, 0.4) is 0 Å². The summed E-state index contributed by atoms with van der Waals surface area (Å²) in [4.78, 5) is 26.1. The molecule has 3 amide bonds. The van der Waals surface area contributed by atoms with E-state index in [4.69, 9.17) is 0 Å². The highest BCUT2D eigenvalue weighted by molar-refractivity contribution is 5.96. The fraction of sp³-hybridized carbons (Fsp3) is 0.263. The van der Waals surface area contributed by atoms with Crippen molar-refractivity contribution in [2.45, 2.75) is 25.4 Å². The third-order valence-corrected chi connectivity index (χ3v) is 4.18. The standard InChI is InChI=1S/C19H21N3O2/c1-14(15-8-4-2-5-9-15)20-19(24)21-16-12-18(23)22(13-16)17-10-6-3-7-11-17/h2-11,14,16H,12-13H2,1H3,(H2,20,21,24). The highest BCUT2D eigenvalue weighted by Gasteiger charge is 2.31. The van der Waals surface area contributed by atoms with Gasteiger partial charge in [0.05, 0.1) is 12.1 Å². The van der Waals surface area contributed by atoms with Gasteiger partial charge >= 0.3 is 6.03 Å².